The number of aromatic hydroxyl groups is 1. The first-order valence-electron chi connectivity index (χ1n) is 10.2. The van der Waals surface area contributed by atoms with Crippen LogP contribution in [0.1, 0.15) is 18.2 Å². The molecule has 0 aliphatic heterocycles. The summed E-state index contributed by atoms with van der Waals surface area (Å²) in [7, 11) is 0. The van der Waals surface area contributed by atoms with Crippen LogP contribution in [0.2, 0.25) is 0 Å². The zero-order valence-electron chi connectivity index (χ0n) is 17.3. The molecule has 0 unspecified atom stereocenters. The van der Waals surface area contributed by atoms with E-state index in [9.17, 15) is 5.11 Å². The van der Waals surface area contributed by atoms with Crippen molar-refractivity contribution in [3.05, 3.63) is 96.3 Å². The Morgan fingerprint density at radius 3 is 2.37 bits per heavy atom. The summed E-state index contributed by atoms with van der Waals surface area (Å²) in [6.07, 6.45) is 1.82. The second kappa shape index (κ2) is 8.78. The van der Waals surface area contributed by atoms with Crippen LogP contribution in [0, 0.1) is 6.92 Å². The van der Waals surface area contributed by atoms with E-state index in [0.29, 0.717) is 6.54 Å². The fourth-order valence-corrected chi connectivity index (χ4v) is 3.59. The lowest BCUT2D eigenvalue weighted by atomic mass is 10.00. The minimum Gasteiger partial charge on any atom is -0.508 e. The molecule has 4 rings (SSSR count). The first-order chi connectivity index (χ1) is 14.6. The number of phenols is 1. The van der Waals surface area contributed by atoms with Crippen LogP contribution in [0.4, 0.5) is 5.82 Å². The Hall–Kier alpha value is -3.66. The van der Waals surface area contributed by atoms with Gasteiger partial charge in [0.05, 0.1) is 17.9 Å². The van der Waals surface area contributed by atoms with Gasteiger partial charge < -0.3 is 10.0 Å². The summed E-state index contributed by atoms with van der Waals surface area (Å²) >= 11 is 0. The van der Waals surface area contributed by atoms with Gasteiger partial charge in [0.25, 0.3) is 0 Å². The maximum absolute atomic E-state index is 9.83. The molecule has 0 amide bonds. The Balaban J connectivity index is 1.82. The van der Waals surface area contributed by atoms with Crippen LogP contribution in [-0.2, 0) is 6.54 Å². The third-order valence-electron chi connectivity index (χ3n) is 5.19. The lowest BCUT2D eigenvalue weighted by Crippen LogP contribution is -2.23. The molecule has 0 spiro atoms. The number of benzene rings is 2. The molecule has 0 atom stereocenters. The predicted octanol–water partition coefficient (Wildman–Crippen LogP) is 5.85. The quantitative estimate of drug-likeness (QED) is 0.445. The predicted molar refractivity (Wildman–Crippen MR) is 122 cm³/mol. The van der Waals surface area contributed by atoms with Crippen LogP contribution in [-0.4, -0.2) is 21.6 Å². The van der Waals surface area contributed by atoms with E-state index < -0.39 is 0 Å². The molecule has 0 saturated heterocycles. The fraction of sp³-hybridized carbons (Fsp3) is 0.154. The first kappa shape index (κ1) is 19.6. The number of pyridine rings is 2. The molecule has 0 aliphatic rings. The normalized spacial score (nSPS) is 10.7. The molecule has 0 aliphatic carbocycles. The smallest absolute Gasteiger partial charge is 0.130 e. The van der Waals surface area contributed by atoms with E-state index in [0.717, 1.165) is 46.0 Å². The Bertz CT molecular complexity index is 1130. The summed E-state index contributed by atoms with van der Waals surface area (Å²) in [5, 5.41) is 9.83. The Labute approximate surface area is 177 Å². The van der Waals surface area contributed by atoms with Gasteiger partial charge in [-0.15, -0.1) is 0 Å². The van der Waals surface area contributed by atoms with E-state index in [2.05, 4.69) is 41.1 Å². The fourth-order valence-electron chi connectivity index (χ4n) is 3.59. The third-order valence-corrected chi connectivity index (χ3v) is 5.19. The molecular weight excluding hydrogens is 370 g/mol. The number of aromatic nitrogens is 2. The van der Waals surface area contributed by atoms with Gasteiger partial charge in [-0.3, -0.25) is 4.98 Å². The molecule has 2 heterocycles. The highest BCUT2D eigenvalue weighted by Gasteiger charge is 2.14. The number of rotatable bonds is 6. The minimum atomic E-state index is 0.265. The Kier molecular flexibility index (Phi) is 5.75. The van der Waals surface area contributed by atoms with Crippen LogP contribution >= 0.6 is 0 Å². The zero-order chi connectivity index (χ0) is 20.9. The van der Waals surface area contributed by atoms with Crippen molar-refractivity contribution in [2.24, 2.45) is 0 Å². The molecular formula is C26H25N3O. The SMILES string of the molecule is CCN(Cc1ccccn1)c1cc(-c2ccccc2)cc(-c2ccc(O)cc2C)n1. The molecule has 0 bridgehead atoms. The van der Waals surface area contributed by atoms with Gasteiger partial charge in [0.1, 0.15) is 11.6 Å². The number of hydrogen-bond acceptors (Lipinski definition) is 4. The molecule has 30 heavy (non-hydrogen) atoms. The van der Waals surface area contributed by atoms with Gasteiger partial charge in [-0.05, 0) is 73.0 Å². The Morgan fingerprint density at radius 2 is 1.67 bits per heavy atom. The number of aryl methyl sites for hydroxylation is 1. The van der Waals surface area contributed by atoms with Crippen LogP contribution in [0.5, 0.6) is 5.75 Å². The topological polar surface area (TPSA) is 49.2 Å². The number of phenolic OH excluding ortho intramolecular Hbond substituents is 1. The van der Waals surface area contributed by atoms with Gasteiger partial charge >= 0.3 is 0 Å². The largest absolute Gasteiger partial charge is 0.508 e. The lowest BCUT2D eigenvalue weighted by molar-refractivity contribution is 0.475. The van der Waals surface area contributed by atoms with E-state index >= 15 is 0 Å². The van der Waals surface area contributed by atoms with Gasteiger partial charge in [0.2, 0.25) is 0 Å². The molecule has 150 valence electrons. The molecule has 0 saturated carbocycles. The highest BCUT2D eigenvalue weighted by atomic mass is 16.3. The zero-order valence-corrected chi connectivity index (χ0v) is 17.3. The van der Waals surface area contributed by atoms with E-state index in [1.807, 2.05) is 55.6 Å². The molecule has 0 radical (unpaired) electrons. The van der Waals surface area contributed by atoms with E-state index in [4.69, 9.17) is 4.98 Å². The van der Waals surface area contributed by atoms with E-state index in [1.54, 1.807) is 12.1 Å². The summed E-state index contributed by atoms with van der Waals surface area (Å²) in [5.41, 5.74) is 6.17. The van der Waals surface area contributed by atoms with E-state index in [-0.39, 0.29) is 5.75 Å². The van der Waals surface area contributed by atoms with Gasteiger partial charge in [-0.1, -0.05) is 36.4 Å². The van der Waals surface area contributed by atoms with Crippen LogP contribution in [0.15, 0.2) is 85.1 Å². The highest BCUT2D eigenvalue weighted by Crippen LogP contribution is 2.32. The number of anilines is 1. The van der Waals surface area contributed by atoms with Crippen molar-refractivity contribution in [3.8, 4) is 28.1 Å². The second-order valence-corrected chi connectivity index (χ2v) is 7.30. The molecule has 2 aromatic heterocycles. The summed E-state index contributed by atoms with van der Waals surface area (Å²) < 4.78 is 0. The standard InChI is InChI=1S/C26H25N3O/c1-3-29(18-22-11-7-8-14-27-22)26-17-21(20-9-5-4-6-10-20)16-25(28-26)24-13-12-23(30)15-19(24)2/h4-17,30H,3,18H2,1-2H3. The molecule has 4 heteroatoms. The van der Waals surface area contributed by atoms with Gasteiger partial charge in [-0.25, -0.2) is 4.98 Å². The lowest BCUT2D eigenvalue weighted by Gasteiger charge is -2.23. The van der Waals surface area contributed by atoms with Crippen molar-refractivity contribution >= 4 is 5.82 Å². The van der Waals surface area contributed by atoms with Crippen molar-refractivity contribution in [2.45, 2.75) is 20.4 Å². The average Bonchev–Trinajstić information content (AvgIpc) is 2.78. The minimum absolute atomic E-state index is 0.265. The van der Waals surface area contributed by atoms with Crippen LogP contribution in [0.25, 0.3) is 22.4 Å². The summed E-state index contributed by atoms with van der Waals surface area (Å²) in [6, 6.07) is 26.0. The summed E-state index contributed by atoms with van der Waals surface area (Å²) in [5.74, 6) is 1.17. The van der Waals surface area contributed by atoms with Crippen molar-refractivity contribution in [3.63, 3.8) is 0 Å². The highest BCUT2D eigenvalue weighted by molar-refractivity contribution is 5.75. The van der Waals surface area contributed by atoms with Gasteiger partial charge in [0.15, 0.2) is 0 Å². The van der Waals surface area contributed by atoms with Crippen molar-refractivity contribution in [1.82, 2.24) is 9.97 Å². The van der Waals surface area contributed by atoms with Crippen LogP contribution < -0.4 is 4.90 Å². The summed E-state index contributed by atoms with van der Waals surface area (Å²) in [4.78, 5) is 11.7. The molecule has 1 N–H and O–H groups in total. The van der Waals surface area contributed by atoms with Crippen molar-refractivity contribution < 1.29 is 5.11 Å². The van der Waals surface area contributed by atoms with E-state index in [1.165, 1.54) is 0 Å². The maximum Gasteiger partial charge on any atom is 0.130 e. The number of nitrogens with zero attached hydrogens (tertiary/aromatic N) is 3. The molecule has 2 aromatic carbocycles. The molecule has 0 fully saturated rings. The van der Waals surface area contributed by atoms with Crippen molar-refractivity contribution in [1.29, 1.82) is 0 Å². The van der Waals surface area contributed by atoms with Gasteiger partial charge in [0, 0.05) is 18.3 Å². The van der Waals surface area contributed by atoms with Crippen LogP contribution in [0.3, 0.4) is 0 Å². The monoisotopic (exact) mass is 395 g/mol. The first-order valence-corrected chi connectivity index (χ1v) is 10.2. The third kappa shape index (κ3) is 4.33. The Morgan fingerprint density at radius 1 is 0.867 bits per heavy atom. The molecule has 4 nitrogen and oxygen atoms in total. The molecule has 4 aromatic rings. The number of hydrogen-bond donors (Lipinski definition) is 1. The average molecular weight is 396 g/mol. The maximum atomic E-state index is 9.83. The second-order valence-electron chi connectivity index (χ2n) is 7.30. The van der Waals surface area contributed by atoms with Crippen molar-refractivity contribution in [2.75, 3.05) is 11.4 Å². The summed E-state index contributed by atoms with van der Waals surface area (Å²) in [6.45, 7) is 5.63. The van der Waals surface area contributed by atoms with Gasteiger partial charge in [-0.2, -0.15) is 0 Å².